The first kappa shape index (κ1) is 21.9. The van der Waals surface area contributed by atoms with Gasteiger partial charge in [0.05, 0.1) is 19.2 Å². The first-order chi connectivity index (χ1) is 14.1. The second-order valence-corrected chi connectivity index (χ2v) is 9.04. The topological polar surface area (TPSA) is 88.2 Å². The van der Waals surface area contributed by atoms with E-state index in [-0.39, 0.29) is 31.1 Å². The average Bonchev–Trinajstić information content (AvgIpc) is 3.08. The lowest BCUT2D eigenvalue weighted by atomic mass is 9.85. The van der Waals surface area contributed by atoms with Crippen molar-refractivity contribution in [2.24, 2.45) is 5.92 Å². The summed E-state index contributed by atoms with van der Waals surface area (Å²) in [4.78, 5) is 40.9. The highest BCUT2D eigenvalue weighted by molar-refractivity contribution is 5.83. The number of ether oxygens (including phenoxy) is 2. The number of likely N-dealkylation sites (tertiary alicyclic amines) is 2. The molecule has 0 bridgehead atoms. The van der Waals surface area contributed by atoms with Gasteiger partial charge in [-0.15, -0.1) is 0 Å². The van der Waals surface area contributed by atoms with Crippen molar-refractivity contribution in [3.05, 3.63) is 35.9 Å². The van der Waals surface area contributed by atoms with E-state index in [0.29, 0.717) is 12.5 Å². The number of methoxy groups -OCH3 is 1. The molecule has 2 aliphatic heterocycles. The predicted molar refractivity (Wildman–Crippen MR) is 111 cm³/mol. The number of urea groups is 1. The third-order valence-corrected chi connectivity index (χ3v) is 5.49. The van der Waals surface area contributed by atoms with Gasteiger partial charge in [-0.05, 0) is 32.3 Å². The van der Waals surface area contributed by atoms with Gasteiger partial charge in [0.25, 0.3) is 0 Å². The summed E-state index contributed by atoms with van der Waals surface area (Å²) >= 11 is 0. The Hall–Kier alpha value is -2.77. The van der Waals surface area contributed by atoms with Crippen LogP contribution < -0.4 is 5.32 Å². The van der Waals surface area contributed by atoms with Crippen LogP contribution in [-0.4, -0.2) is 65.8 Å². The molecule has 8 heteroatoms. The zero-order valence-electron chi connectivity index (χ0n) is 18.3. The minimum atomic E-state index is -0.782. The van der Waals surface area contributed by atoms with Gasteiger partial charge in [0, 0.05) is 19.5 Å². The third-order valence-electron chi connectivity index (χ3n) is 5.49. The average molecular weight is 418 g/mol. The van der Waals surface area contributed by atoms with Gasteiger partial charge >= 0.3 is 18.1 Å². The molecule has 30 heavy (non-hydrogen) atoms. The summed E-state index contributed by atoms with van der Waals surface area (Å²) in [5.74, 6) is -0.153. The number of amides is 3. The molecule has 0 aromatic heterocycles. The number of rotatable bonds is 3. The largest absolute Gasteiger partial charge is 0.467 e. The molecule has 3 rings (SSSR count). The summed E-state index contributed by atoms with van der Waals surface area (Å²) in [7, 11) is 1.29. The van der Waals surface area contributed by atoms with Gasteiger partial charge in [-0.3, -0.25) is 4.90 Å². The van der Waals surface area contributed by atoms with Crippen molar-refractivity contribution in [2.75, 3.05) is 20.2 Å². The maximum absolute atomic E-state index is 12.9. The van der Waals surface area contributed by atoms with E-state index < -0.39 is 23.7 Å². The molecule has 3 amide bonds. The van der Waals surface area contributed by atoms with Gasteiger partial charge in [-0.1, -0.05) is 37.3 Å². The van der Waals surface area contributed by atoms with E-state index in [0.717, 1.165) is 5.56 Å². The lowest BCUT2D eigenvalue weighted by Crippen LogP contribution is -2.56. The molecule has 2 aliphatic rings. The highest BCUT2D eigenvalue weighted by Gasteiger charge is 2.45. The van der Waals surface area contributed by atoms with E-state index in [1.807, 2.05) is 30.3 Å². The lowest BCUT2D eigenvalue weighted by Gasteiger charge is -2.47. The highest BCUT2D eigenvalue weighted by Crippen LogP contribution is 2.38. The van der Waals surface area contributed by atoms with Crippen LogP contribution in [0.4, 0.5) is 9.59 Å². The molecule has 2 heterocycles. The summed E-state index contributed by atoms with van der Waals surface area (Å²) in [6.45, 7) is 8.27. The molecule has 1 aromatic rings. The SMILES string of the molecule is COC(=O)[C@@H]1C[C@H](NC(=O)N2CC(C)C2c2ccccc2)CN1C(=O)OC(C)(C)C. The van der Waals surface area contributed by atoms with Crippen LogP contribution in [0.15, 0.2) is 30.3 Å². The number of hydrogen-bond donors (Lipinski definition) is 1. The van der Waals surface area contributed by atoms with Crippen molar-refractivity contribution in [3.8, 4) is 0 Å². The molecule has 8 nitrogen and oxygen atoms in total. The van der Waals surface area contributed by atoms with Crippen LogP contribution in [0.1, 0.15) is 45.7 Å². The van der Waals surface area contributed by atoms with Crippen molar-refractivity contribution in [2.45, 2.75) is 57.8 Å². The molecule has 2 saturated heterocycles. The Labute approximate surface area is 177 Å². The zero-order chi connectivity index (χ0) is 22.1. The predicted octanol–water partition coefficient (Wildman–Crippen LogP) is 2.94. The number of nitrogens with zero attached hydrogens (tertiary/aromatic N) is 2. The molecule has 0 spiro atoms. The molecule has 1 N–H and O–H groups in total. The zero-order valence-corrected chi connectivity index (χ0v) is 18.3. The molecule has 1 aromatic carbocycles. The van der Waals surface area contributed by atoms with Crippen LogP contribution in [0.25, 0.3) is 0 Å². The standard InChI is InChI=1S/C22H31N3O5/c1-14-12-25(18(14)15-9-7-6-8-10-15)20(27)23-16-11-17(19(26)29-5)24(13-16)21(28)30-22(2,3)4/h6-10,14,16-18H,11-13H2,1-5H3,(H,23,27)/t14?,16-,17-,18?/m0/s1. The van der Waals surface area contributed by atoms with Crippen LogP contribution in [0, 0.1) is 5.92 Å². The van der Waals surface area contributed by atoms with E-state index in [4.69, 9.17) is 9.47 Å². The maximum atomic E-state index is 12.9. The fourth-order valence-electron chi connectivity index (χ4n) is 4.14. The number of hydrogen-bond acceptors (Lipinski definition) is 5. The van der Waals surface area contributed by atoms with Crippen molar-refractivity contribution >= 4 is 18.1 Å². The van der Waals surface area contributed by atoms with Crippen molar-refractivity contribution < 1.29 is 23.9 Å². The van der Waals surface area contributed by atoms with Crippen LogP contribution in [0.2, 0.25) is 0 Å². The second-order valence-electron chi connectivity index (χ2n) is 9.04. The molecule has 4 atom stereocenters. The second kappa shape index (κ2) is 8.53. The van der Waals surface area contributed by atoms with Gasteiger partial charge in [0.2, 0.25) is 0 Å². The van der Waals surface area contributed by atoms with E-state index in [9.17, 15) is 14.4 Å². The van der Waals surface area contributed by atoms with Gasteiger partial charge in [0.15, 0.2) is 0 Å². The molecular weight excluding hydrogens is 386 g/mol. The van der Waals surface area contributed by atoms with Crippen molar-refractivity contribution in [1.29, 1.82) is 0 Å². The highest BCUT2D eigenvalue weighted by atomic mass is 16.6. The quantitative estimate of drug-likeness (QED) is 0.764. The lowest BCUT2D eigenvalue weighted by molar-refractivity contribution is -0.145. The molecule has 164 valence electrons. The van der Waals surface area contributed by atoms with E-state index in [1.165, 1.54) is 12.0 Å². The Balaban J connectivity index is 1.67. The summed E-state index contributed by atoms with van der Waals surface area (Å²) in [6.07, 6.45) is -0.300. The Morgan fingerprint density at radius 2 is 1.73 bits per heavy atom. The molecule has 0 saturated carbocycles. The van der Waals surface area contributed by atoms with Crippen LogP contribution in [0.5, 0.6) is 0 Å². The molecule has 2 fully saturated rings. The normalized spacial score (nSPS) is 26.0. The smallest absolute Gasteiger partial charge is 0.411 e. The minimum absolute atomic E-state index is 0.0194. The summed E-state index contributed by atoms with van der Waals surface area (Å²) in [5.41, 5.74) is 0.413. The minimum Gasteiger partial charge on any atom is -0.467 e. The monoisotopic (exact) mass is 417 g/mol. The first-order valence-corrected chi connectivity index (χ1v) is 10.3. The van der Waals surface area contributed by atoms with Gasteiger partial charge in [-0.2, -0.15) is 0 Å². The van der Waals surface area contributed by atoms with Crippen LogP contribution in [0.3, 0.4) is 0 Å². The Morgan fingerprint density at radius 3 is 2.30 bits per heavy atom. The van der Waals surface area contributed by atoms with Crippen LogP contribution in [-0.2, 0) is 14.3 Å². The van der Waals surface area contributed by atoms with Crippen molar-refractivity contribution in [1.82, 2.24) is 15.1 Å². The number of esters is 1. The van der Waals surface area contributed by atoms with E-state index in [2.05, 4.69) is 12.2 Å². The van der Waals surface area contributed by atoms with Gasteiger partial charge in [-0.25, -0.2) is 14.4 Å². The third kappa shape index (κ3) is 4.68. The fraction of sp³-hybridized carbons (Fsp3) is 0.591. The number of benzene rings is 1. The number of carbonyl (C=O) groups excluding carboxylic acids is 3. The van der Waals surface area contributed by atoms with Gasteiger partial charge < -0.3 is 19.7 Å². The number of carbonyl (C=O) groups is 3. The molecule has 0 radical (unpaired) electrons. The summed E-state index contributed by atoms with van der Waals surface area (Å²) < 4.78 is 10.3. The first-order valence-electron chi connectivity index (χ1n) is 10.3. The Bertz CT molecular complexity index is 792. The Kier molecular flexibility index (Phi) is 6.24. The fourth-order valence-corrected chi connectivity index (χ4v) is 4.14. The number of nitrogens with one attached hydrogen (secondary N) is 1. The molecule has 0 aliphatic carbocycles. The van der Waals surface area contributed by atoms with Crippen LogP contribution >= 0.6 is 0 Å². The van der Waals surface area contributed by atoms with Crippen molar-refractivity contribution in [3.63, 3.8) is 0 Å². The summed E-state index contributed by atoms with van der Waals surface area (Å²) in [5, 5.41) is 2.99. The Morgan fingerprint density at radius 1 is 1.07 bits per heavy atom. The van der Waals surface area contributed by atoms with Gasteiger partial charge in [0.1, 0.15) is 11.6 Å². The van der Waals surface area contributed by atoms with E-state index >= 15 is 0 Å². The van der Waals surface area contributed by atoms with E-state index in [1.54, 1.807) is 25.7 Å². The molecule has 2 unspecified atom stereocenters. The summed E-state index contributed by atoms with van der Waals surface area (Å²) in [6, 6.07) is 8.61. The maximum Gasteiger partial charge on any atom is 0.411 e. The molecular formula is C22H31N3O5.